The maximum absolute atomic E-state index is 3.68. The first kappa shape index (κ1) is 16.5. The van der Waals surface area contributed by atoms with Crippen LogP contribution in [-0.2, 0) is 0 Å². The Morgan fingerprint density at radius 1 is 1.24 bits per heavy atom. The molecule has 2 rings (SSSR count). The van der Waals surface area contributed by atoms with E-state index in [9.17, 15) is 0 Å². The van der Waals surface area contributed by atoms with Gasteiger partial charge >= 0.3 is 0 Å². The number of hydrogen-bond acceptors (Lipinski definition) is 3. The topological polar surface area (TPSA) is 15.3 Å². The van der Waals surface area contributed by atoms with Gasteiger partial charge in [0.05, 0.1) is 0 Å². The van der Waals surface area contributed by atoms with Crippen LogP contribution < -0.4 is 5.32 Å². The van der Waals surface area contributed by atoms with E-state index >= 15 is 0 Å². The second-order valence-electron chi connectivity index (χ2n) is 6.00. The Morgan fingerprint density at radius 3 is 2.62 bits per heavy atom. The van der Waals surface area contributed by atoms with Gasteiger partial charge in [-0.2, -0.15) is 0 Å². The number of nitrogens with one attached hydrogen (secondary N) is 1. The maximum Gasteiger partial charge on any atom is 0.0389 e. The predicted octanol–water partition coefficient (Wildman–Crippen LogP) is 4.59. The van der Waals surface area contributed by atoms with E-state index in [1.54, 1.807) is 0 Å². The van der Waals surface area contributed by atoms with Crippen molar-refractivity contribution in [3.05, 3.63) is 34.7 Å². The lowest BCUT2D eigenvalue weighted by Gasteiger charge is -2.24. The predicted molar refractivity (Wildman–Crippen MR) is 95.4 cm³/mol. The summed E-state index contributed by atoms with van der Waals surface area (Å²) in [6.07, 6.45) is 1.21. The average Bonchev–Trinajstić information content (AvgIpc) is 2.84. The molecule has 0 fully saturated rings. The summed E-state index contributed by atoms with van der Waals surface area (Å²) in [6, 6.07) is 9.79. The molecule has 2 atom stereocenters. The van der Waals surface area contributed by atoms with Gasteiger partial charge in [0.15, 0.2) is 0 Å². The van der Waals surface area contributed by atoms with Gasteiger partial charge < -0.3 is 10.2 Å². The number of aryl methyl sites for hydroxylation is 1. The summed E-state index contributed by atoms with van der Waals surface area (Å²) in [6.45, 7) is 11.2. The van der Waals surface area contributed by atoms with Crippen LogP contribution in [0.3, 0.4) is 0 Å². The third kappa shape index (κ3) is 3.85. The first-order chi connectivity index (χ1) is 10.0. The van der Waals surface area contributed by atoms with Crippen molar-refractivity contribution in [2.75, 3.05) is 20.1 Å². The maximum atomic E-state index is 3.68. The van der Waals surface area contributed by atoms with Crippen LogP contribution in [0.4, 0.5) is 0 Å². The van der Waals surface area contributed by atoms with Crippen molar-refractivity contribution in [2.24, 2.45) is 0 Å². The molecule has 116 valence electrons. The highest BCUT2D eigenvalue weighted by Gasteiger charge is 2.14. The molecule has 1 aromatic carbocycles. The largest absolute Gasteiger partial charge is 0.308 e. The molecule has 2 unspecified atom stereocenters. The fraction of sp³-hybridized carbons (Fsp3) is 0.556. The van der Waals surface area contributed by atoms with E-state index in [1.807, 2.05) is 11.3 Å². The molecule has 0 radical (unpaired) electrons. The summed E-state index contributed by atoms with van der Waals surface area (Å²) in [7, 11) is 2.21. The number of hydrogen-bond donors (Lipinski definition) is 1. The van der Waals surface area contributed by atoms with Crippen molar-refractivity contribution in [3.63, 3.8) is 0 Å². The Hall–Kier alpha value is -0.900. The van der Waals surface area contributed by atoms with Gasteiger partial charge in [0.1, 0.15) is 0 Å². The second kappa shape index (κ2) is 7.39. The monoisotopic (exact) mass is 304 g/mol. The summed E-state index contributed by atoms with van der Waals surface area (Å²) in [5, 5.41) is 5.08. The molecule has 3 heteroatoms. The molecule has 0 saturated heterocycles. The van der Waals surface area contributed by atoms with Crippen molar-refractivity contribution in [1.29, 1.82) is 0 Å². The van der Waals surface area contributed by atoms with E-state index in [0.29, 0.717) is 12.1 Å². The molecule has 0 spiro atoms. The standard InChI is InChI=1S/C18H28N2S/c1-6-13(2)20(5)12-11-19-15(4)18-14(3)16-9-7-8-10-17(16)21-18/h7-10,13,15,19H,6,11-12H2,1-5H3. The highest BCUT2D eigenvalue weighted by molar-refractivity contribution is 7.19. The number of thiophene rings is 1. The number of benzene rings is 1. The number of nitrogens with zero attached hydrogens (tertiary/aromatic N) is 1. The quantitative estimate of drug-likeness (QED) is 0.805. The van der Waals surface area contributed by atoms with Crippen LogP contribution in [0.1, 0.15) is 43.7 Å². The van der Waals surface area contributed by atoms with E-state index in [4.69, 9.17) is 0 Å². The third-order valence-electron chi connectivity index (χ3n) is 4.53. The lowest BCUT2D eigenvalue weighted by atomic mass is 10.1. The number of fused-ring (bicyclic) bond motifs is 1. The minimum Gasteiger partial charge on any atom is -0.308 e. The van der Waals surface area contributed by atoms with Crippen molar-refractivity contribution in [2.45, 2.75) is 46.2 Å². The molecule has 0 aliphatic rings. The van der Waals surface area contributed by atoms with Gasteiger partial charge in [0, 0.05) is 34.8 Å². The fourth-order valence-electron chi connectivity index (χ4n) is 2.69. The molecule has 1 aromatic heterocycles. The zero-order valence-electron chi connectivity index (χ0n) is 13.9. The van der Waals surface area contributed by atoms with Crippen LogP contribution in [0.15, 0.2) is 24.3 Å². The van der Waals surface area contributed by atoms with E-state index in [0.717, 1.165) is 13.1 Å². The molecule has 2 nitrogen and oxygen atoms in total. The second-order valence-corrected chi connectivity index (χ2v) is 7.08. The van der Waals surface area contributed by atoms with Crippen molar-refractivity contribution in [3.8, 4) is 0 Å². The SMILES string of the molecule is CCC(C)N(C)CCNC(C)c1sc2ccccc2c1C. The van der Waals surface area contributed by atoms with E-state index in [-0.39, 0.29) is 0 Å². The van der Waals surface area contributed by atoms with E-state index in [2.05, 4.69) is 69.2 Å². The molecule has 0 aliphatic carbocycles. The van der Waals surface area contributed by atoms with Crippen LogP contribution in [-0.4, -0.2) is 31.1 Å². The van der Waals surface area contributed by atoms with Crippen molar-refractivity contribution in [1.82, 2.24) is 10.2 Å². The number of likely N-dealkylation sites (N-methyl/N-ethyl adjacent to an activating group) is 1. The summed E-state index contributed by atoms with van der Waals surface area (Å²) >= 11 is 1.93. The number of rotatable bonds is 7. The molecular weight excluding hydrogens is 276 g/mol. The summed E-state index contributed by atoms with van der Waals surface area (Å²) in [5.74, 6) is 0. The van der Waals surface area contributed by atoms with Gasteiger partial charge in [-0.05, 0) is 51.3 Å². The minimum atomic E-state index is 0.424. The van der Waals surface area contributed by atoms with Crippen molar-refractivity contribution >= 4 is 21.4 Å². The lowest BCUT2D eigenvalue weighted by molar-refractivity contribution is 0.249. The van der Waals surface area contributed by atoms with Gasteiger partial charge in [-0.25, -0.2) is 0 Å². The normalized spacial score (nSPS) is 14.8. The highest BCUT2D eigenvalue weighted by Crippen LogP contribution is 2.34. The van der Waals surface area contributed by atoms with E-state index < -0.39 is 0 Å². The smallest absolute Gasteiger partial charge is 0.0389 e. The molecule has 0 saturated carbocycles. The molecule has 2 aromatic rings. The zero-order chi connectivity index (χ0) is 15.4. The van der Waals surface area contributed by atoms with Crippen LogP contribution in [0.5, 0.6) is 0 Å². The molecule has 21 heavy (non-hydrogen) atoms. The minimum absolute atomic E-state index is 0.424. The summed E-state index contributed by atoms with van der Waals surface area (Å²) in [5.41, 5.74) is 1.44. The van der Waals surface area contributed by atoms with Gasteiger partial charge in [0.25, 0.3) is 0 Å². The Morgan fingerprint density at radius 2 is 1.95 bits per heavy atom. The van der Waals surface area contributed by atoms with Crippen LogP contribution in [0, 0.1) is 6.92 Å². The van der Waals surface area contributed by atoms with Gasteiger partial charge in [0.2, 0.25) is 0 Å². The molecule has 1 N–H and O–H groups in total. The molecule has 0 aliphatic heterocycles. The molecule has 1 heterocycles. The van der Waals surface area contributed by atoms with E-state index in [1.165, 1.54) is 26.9 Å². The first-order valence-electron chi connectivity index (χ1n) is 7.96. The first-order valence-corrected chi connectivity index (χ1v) is 8.77. The Kier molecular flexibility index (Phi) is 5.80. The average molecular weight is 305 g/mol. The Bertz CT molecular complexity index is 576. The van der Waals surface area contributed by atoms with Gasteiger partial charge in [-0.15, -0.1) is 11.3 Å². The Balaban J connectivity index is 1.96. The summed E-state index contributed by atoms with van der Waals surface area (Å²) < 4.78 is 1.40. The van der Waals surface area contributed by atoms with Crippen molar-refractivity contribution < 1.29 is 0 Å². The van der Waals surface area contributed by atoms with Crippen LogP contribution in [0.25, 0.3) is 10.1 Å². The van der Waals surface area contributed by atoms with Gasteiger partial charge in [-0.3, -0.25) is 0 Å². The highest BCUT2D eigenvalue weighted by atomic mass is 32.1. The summed E-state index contributed by atoms with van der Waals surface area (Å²) in [4.78, 5) is 3.90. The fourth-order valence-corrected chi connectivity index (χ4v) is 3.93. The molecule has 0 amide bonds. The van der Waals surface area contributed by atoms with Crippen LogP contribution in [0.2, 0.25) is 0 Å². The molecule has 0 bridgehead atoms. The van der Waals surface area contributed by atoms with Gasteiger partial charge in [-0.1, -0.05) is 25.1 Å². The third-order valence-corrected chi connectivity index (χ3v) is 5.99. The Labute approximate surface area is 133 Å². The molecular formula is C18H28N2S. The zero-order valence-corrected chi connectivity index (χ0v) is 14.8. The lowest BCUT2D eigenvalue weighted by Crippen LogP contribution is -2.35. The van der Waals surface area contributed by atoms with Crippen LogP contribution >= 0.6 is 11.3 Å².